The fourth-order valence-corrected chi connectivity index (χ4v) is 3.37. The van der Waals surface area contributed by atoms with Crippen molar-refractivity contribution in [1.82, 2.24) is 14.8 Å². The third-order valence-electron chi connectivity index (χ3n) is 3.60. The number of benzene rings is 1. The molecule has 0 atom stereocenters. The van der Waals surface area contributed by atoms with Crippen LogP contribution in [0.5, 0.6) is 0 Å². The highest BCUT2D eigenvalue weighted by molar-refractivity contribution is 7.18. The molecule has 1 saturated heterocycles. The number of nitrogens with zero attached hydrogens (tertiary/aromatic N) is 3. The SMILES string of the molecule is CN(Cc1nc2ccccc2s1)C(=O)CN1CCOCC1. The predicted octanol–water partition coefficient (Wildman–Crippen LogP) is 1.59. The smallest absolute Gasteiger partial charge is 0.236 e. The summed E-state index contributed by atoms with van der Waals surface area (Å²) in [7, 11) is 1.84. The van der Waals surface area contributed by atoms with Crippen molar-refractivity contribution < 1.29 is 9.53 Å². The molecule has 1 aliphatic rings. The van der Waals surface area contributed by atoms with Gasteiger partial charge in [0.05, 0.1) is 36.5 Å². The van der Waals surface area contributed by atoms with E-state index >= 15 is 0 Å². The van der Waals surface area contributed by atoms with Crippen molar-refractivity contribution in [1.29, 1.82) is 0 Å². The summed E-state index contributed by atoms with van der Waals surface area (Å²) in [6, 6.07) is 8.06. The van der Waals surface area contributed by atoms with Gasteiger partial charge in [0.25, 0.3) is 0 Å². The number of rotatable bonds is 4. The van der Waals surface area contributed by atoms with Crippen molar-refractivity contribution in [3.63, 3.8) is 0 Å². The number of likely N-dealkylation sites (N-methyl/N-ethyl adjacent to an activating group) is 1. The van der Waals surface area contributed by atoms with Crippen molar-refractivity contribution in [2.24, 2.45) is 0 Å². The summed E-state index contributed by atoms with van der Waals surface area (Å²) in [4.78, 5) is 20.7. The van der Waals surface area contributed by atoms with Crippen molar-refractivity contribution in [2.75, 3.05) is 39.9 Å². The Bertz CT molecular complexity index is 589. The number of amides is 1. The molecule has 1 aromatic carbocycles. The molecule has 3 rings (SSSR count). The zero-order valence-electron chi connectivity index (χ0n) is 12.1. The molecule has 112 valence electrons. The molecule has 1 fully saturated rings. The molecule has 21 heavy (non-hydrogen) atoms. The third kappa shape index (κ3) is 3.58. The molecule has 2 aromatic rings. The maximum absolute atomic E-state index is 12.3. The first-order valence-electron chi connectivity index (χ1n) is 7.11. The Balaban J connectivity index is 1.59. The average Bonchev–Trinajstić information content (AvgIpc) is 2.90. The van der Waals surface area contributed by atoms with Crippen LogP contribution in [0, 0.1) is 0 Å². The van der Waals surface area contributed by atoms with Crippen LogP contribution in [0.15, 0.2) is 24.3 Å². The van der Waals surface area contributed by atoms with Gasteiger partial charge in [-0.1, -0.05) is 12.1 Å². The van der Waals surface area contributed by atoms with E-state index in [9.17, 15) is 4.79 Å². The molecule has 1 aliphatic heterocycles. The van der Waals surface area contributed by atoms with Gasteiger partial charge in [0.2, 0.25) is 5.91 Å². The van der Waals surface area contributed by atoms with Crippen LogP contribution in [0.3, 0.4) is 0 Å². The average molecular weight is 305 g/mol. The zero-order valence-corrected chi connectivity index (χ0v) is 12.9. The summed E-state index contributed by atoms with van der Waals surface area (Å²) in [5.41, 5.74) is 1.01. The maximum Gasteiger partial charge on any atom is 0.236 e. The Labute approximate surface area is 128 Å². The van der Waals surface area contributed by atoms with E-state index in [2.05, 4.69) is 16.0 Å². The standard InChI is InChI=1S/C15H19N3O2S/c1-17(15(19)11-18-6-8-20-9-7-18)10-14-16-12-4-2-3-5-13(12)21-14/h2-5H,6-11H2,1H3. The van der Waals surface area contributed by atoms with E-state index < -0.39 is 0 Å². The number of carbonyl (C=O) groups excluding carboxylic acids is 1. The number of para-hydroxylation sites is 1. The molecule has 0 spiro atoms. The van der Waals surface area contributed by atoms with E-state index in [1.807, 2.05) is 25.2 Å². The van der Waals surface area contributed by atoms with Gasteiger partial charge in [-0.25, -0.2) is 4.98 Å². The predicted molar refractivity (Wildman–Crippen MR) is 83.4 cm³/mol. The van der Waals surface area contributed by atoms with Crippen LogP contribution in [-0.2, 0) is 16.1 Å². The topological polar surface area (TPSA) is 45.7 Å². The van der Waals surface area contributed by atoms with E-state index in [-0.39, 0.29) is 5.91 Å². The van der Waals surface area contributed by atoms with Crippen LogP contribution in [-0.4, -0.2) is 60.6 Å². The van der Waals surface area contributed by atoms with E-state index in [4.69, 9.17) is 4.74 Å². The lowest BCUT2D eigenvalue weighted by Crippen LogP contribution is -2.43. The first kappa shape index (κ1) is 14.4. The van der Waals surface area contributed by atoms with E-state index in [0.29, 0.717) is 13.1 Å². The number of aromatic nitrogens is 1. The molecule has 0 N–H and O–H groups in total. The second kappa shape index (κ2) is 6.51. The number of hydrogen-bond donors (Lipinski definition) is 0. The molecule has 0 saturated carbocycles. The quantitative estimate of drug-likeness (QED) is 0.860. The highest BCUT2D eigenvalue weighted by Crippen LogP contribution is 2.22. The molecule has 6 heteroatoms. The Hall–Kier alpha value is -1.50. The Kier molecular flexibility index (Phi) is 4.48. The first-order valence-corrected chi connectivity index (χ1v) is 7.92. The Morgan fingerprint density at radius 3 is 2.90 bits per heavy atom. The van der Waals surface area contributed by atoms with Crippen LogP contribution in [0.2, 0.25) is 0 Å². The first-order chi connectivity index (χ1) is 10.2. The minimum absolute atomic E-state index is 0.135. The number of fused-ring (bicyclic) bond motifs is 1. The molecule has 5 nitrogen and oxygen atoms in total. The molecule has 0 bridgehead atoms. The van der Waals surface area contributed by atoms with Gasteiger partial charge < -0.3 is 9.64 Å². The fourth-order valence-electron chi connectivity index (χ4n) is 2.35. The zero-order chi connectivity index (χ0) is 14.7. The lowest BCUT2D eigenvalue weighted by Gasteiger charge is -2.27. The number of thiazole rings is 1. The van der Waals surface area contributed by atoms with Gasteiger partial charge in [-0.2, -0.15) is 0 Å². The van der Waals surface area contributed by atoms with Crippen LogP contribution in [0.4, 0.5) is 0 Å². The number of morpholine rings is 1. The summed E-state index contributed by atoms with van der Waals surface area (Å²) in [5.74, 6) is 0.135. The fraction of sp³-hybridized carbons (Fsp3) is 0.467. The highest BCUT2D eigenvalue weighted by Gasteiger charge is 2.17. The van der Waals surface area contributed by atoms with Crippen LogP contribution in [0.25, 0.3) is 10.2 Å². The van der Waals surface area contributed by atoms with Gasteiger partial charge in [0.1, 0.15) is 5.01 Å². The van der Waals surface area contributed by atoms with Gasteiger partial charge in [0.15, 0.2) is 0 Å². The van der Waals surface area contributed by atoms with Gasteiger partial charge >= 0.3 is 0 Å². The molecule has 0 unspecified atom stereocenters. The van der Waals surface area contributed by atoms with Crippen molar-refractivity contribution in [3.05, 3.63) is 29.3 Å². The summed E-state index contributed by atoms with van der Waals surface area (Å²) in [5, 5.41) is 0.981. The monoisotopic (exact) mass is 305 g/mol. The Morgan fingerprint density at radius 2 is 2.14 bits per heavy atom. The van der Waals surface area contributed by atoms with E-state index in [1.165, 1.54) is 4.70 Å². The third-order valence-corrected chi connectivity index (χ3v) is 4.62. The van der Waals surface area contributed by atoms with Gasteiger partial charge in [-0.05, 0) is 12.1 Å². The van der Waals surface area contributed by atoms with E-state index in [0.717, 1.165) is 36.8 Å². The van der Waals surface area contributed by atoms with Crippen molar-refractivity contribution in [3.8, 4) is 0 Å². The van der Waals surface area contributed by atoms with Gasteiger partial charge in [0, 0.05) is 20.1 Å². The van der Waals surface area contributed by atoms with E-state index in [1.54, 1.807) is 16.2 Å². The Morgan fingerprint density at radius 1 is 1.38 bits per heavy atom. The highest BCUT2D eigenvalue weighted by atomic mass is 32.1. The van der Waals surface area contributed by atoms with Crippen LogP contribution < -0.4 is 0 Å². The van der Waals surface area contributed by atoms with Gasteiger partial charge in [-0.3, -0.25) is 9.69 Å². The summed E-state index contributed by atoms with van der Waals surface area (Å²) < 4.78 is 6.46. The molecular weight excluding hydrogens is 286 g/mol. The minimum Gasteiger partial charge on any atom is -0.379 e. The lowest BCUT2D eigenvalue weighted by molar-refractivity contribution is -0.132. The van der Waals surface area contributed by atoms with Crippen LogP contribution in [0.1, 0.15) is 5.01 Å². The van der Waals surface area contributed by atoms with Gasteiger partial charge in [-0.15, -0.1) is 11.3 Å². The molecule has 0 aliphatic carbocycles. The molecule has 1 aromatic heterocycles. The van der Waals surface area contributed by atoms with Crippen molar-refractivity contribution >= 4 is 27.5 Å². The number of hydrogen-bond acceptors (Lipinski definition) is 5. The molecule has 0 radical (unpaired) electrons. The van der Waals surface area contributed by atoms with Crippen molar-refractivity contribution in [2.45, 2.75) is 6.54 Å². The largest absolute Gasteiger partial charge is 0.379 e. The molecular formula is C15H19N3O2S. The number of ether oxygens (including phenoxy) is 1. The summed E-state index contributed by atoms with van der Waals surface area (Å²) in [6.07, 6.45) is 0. The normalized spacial score (nSPS) is 16.2. The second-order valence-electron chi connectivity index (χ2n) is 5.21. The molecule has 1 amide bonds. The summed E-state index contributed by atoms with van der Waals surface area (Å²) >= 11 is 1.65. The molecule has 2 heterocycles. The minimum atomic E-state index is 0.135. The number of carbonyl (C=O) groups is 1. The second-order valence-corrected chi connectivity index (χ2v) is 6.33. The summed E-state index contributed by atoms with van der Waals surface area (Å²) in [6.45, 7) is 4.14. The van der Waals surface area contributed by atoms with Crippen LogP contribution >= 0.6 is 11.3 Å². The maximum atomic E-state index is 12.3. The lowest BCUT2D eigenvalue weighted by atomic mass is 10.3.